The Morgan fingerprint density at radius 3 is 2.10 bits per heavy atom. The Morgan fingerprint density at radius 2 is 1.67 bits per heavy atom. The minimum absolute atomic E-state index is 0.201. The maximum absolute atomic E-state index is 12.6. The molecule has 0 aliphatic rings. The Balaban J connectivity index is 2.83. The van der Waals surface area contributed by atoms with Crippen LogP contribution in [0.25, 0.3) is 0 Å². The van der Waals surface area contributed by atoms with Crippen molar-refractivity contribution in [2.75, 3.05) is 18.0 Å². The average molecular weight is 302 g/mol. The van der Waals surface area contributed by atoms with E-state index in [1.165, 1.54) is 4.90 Å². The van der Waals surface area contributed by atoms with Gasteiger partial charge in [0.2, 0.25) is 0 Å². The van der Waals surface area contributed by atoms with Crippen molar-refractivity contribution in [3.8, 4) is 0 Å². The Kier molecular flexibility index (Phi) is 6.52. The molecule has 0 aliphatic carbocycles. The highest BCUT2D eigenvalue weighted by atomic mass is 19.4. The summed E-state index contributed by atoms with van der Waals surface area (Å²) in [5.41, 5.74) is 1.69. The number of nitrogens with zero attached hydrogens (tertiary/aromatic N) is 1. The van der Waals surface area contributed by atoms with Gasteiger partial charge < -0.3 is 10.2 Å². The highest BCUT2D eigenvalue weighted by molar-refractivity contribution is 5.49. The Morgan fingerprint density at radius 1 is 1.10 bits per heavy atom. The highest BCUT2D eigenvalue weighted by Gasteiger charge is 2.32. The summed E-state index contributed by atoms with van der Waals surface area (Å²) in [7, 11) is 0. The third-order valence-corrected chi connectivity index (χ3v) is 3.40. The van der Waals surface area contributed by atoms with E-state index in [-0.39, 0.29) is 12.1 Å². The molecule has 0 aliphatic heterocycles. The third-order valence-electron chi connectivity index (χ3n) is 3.40. The number of benzene rings is 1. The lowest BCUT2D eigenvalue weighted by Crippen LogP contribution is -2.39. The first-order chi connectivity index (χ1) is 9.74. The van der Waals surface area contributed by atoms with Crippen LogP contribution in [0.5, 0.6) is 0 Å². The monoisotopic (exact) mass is 302 g/mol. The van der Waals surface area contributed by atoms with E-state index in [9.17, 15) is 13.2 Å². The molecule has 0 fully saturated rings. The second-order valence-electron chi connectivity index (χ2n) is 5.60. The minimum Gasteiger partial charge on any atom is -0.360 e. The summed E-state index contributed by atoms with van der Waals surface area (Å²) in [6, 6.07) is 7.33. The molecule has 0 saturated heterocycles. The molecule has 0 radical (unpaired) electrons. The van der Waals surface area contributed by atoms with Crippen molar-refractivity contribution in [3.05, 3.63) is 29.8 Å². The number of anilines is 1. The van der Waals surface area contributed by atoms with Gasteiger partial charge in [-0.25, -0.2) is 0 Å². The van der Waals surface area contributed by atoms with Gasteiger partial charge in [0.15, 0.2) is 0 Å². The van der Waals surface area contributed by atoms with E-state index in [1.54, 1.807) is 26.0 Å². The van der Waals surface area contributed by atoms with Gasteiger partial charge in [-0.05, 0) is 51.4 Å². The fourth-order valence-electron chi connectivity index (χ4n) is 2.20. The number of halogens is 3. The van der Waals surface area contributed by atoms with Crippen LogP contribution in [0.15, 0.2) is 24.3 Å². The molecule has 21 heavy (non-hydrogen) atoms. The van der Waals surface area contributed by atoms with Gasteiger partial charge in [0.1, 0.15) is 6.54 Å². The normalized spacial score (nSPS) is 13.5. The first kappa shape index (κ1) is 17.8. The second-order valence-corrected chi connectivity index (χ2v) is 5.60. The van der Waals surface area contributed by atoms with Gasteiger partial charge in [-0.15, -0.1) is 0 Å². The predicted octanol–water partition coefficient (Wildman–Crippen LogP) is 4.52. The van der Waals surface area contributed by atoms with Crippen molar-refractivity contribution >= 4 is 5.69 Å². The second kappa shape index (κ2) is 7.69. The van der Waals surface area contributed by atoms with E-state index >= 15 is 0 Å². The lowest BCUT2D eigenvalue weighted by Gasteiger charge is -2.30. The van der Waals surface area contributed by atoms with E-state index in [0.717, 1.165) is 18.5 Å². The summed E-state index contributed by atoms with van der Waals surface area (Å²) in [4.78, 5) is 1.37. The first-order valence-electron chi connectivity index (χ1n) is 7.41. The third kappa shape index (κ3) is 5.96. The lowest BCUT2D eigenvalue weighted by molar-refractivity contribution is -0.120. The van der Waals surface area contributed by atoms with E-state index in [2.05, 4.69) is 19.2 Å². The SMILES string of the molecule is CCCNC(C)c1ccc(N(CC(F)(F)F)C(C)C)cc1. The molecule has 1 N–H and O–H groups in total. The van der Waals surface area contributed by atoms with E-state index in [1.807, 2.05) is 12.1 Å². The van der Waals surface area contributed by atoms with Crippen molar-refractivity contribution in [1.82, 2.24) is 5.32 Å². The van der Waals surface area contributed by atoms with Crippen LogP contribution in [0, 0.1) is 0 Å². The zero-order valence-corrected chi connectivity index (χ0v) is 13.2. The molecule has 1 atom stereocenters. The highest BCUT2D eigenvalue weighted by Crippen LogP contribution is 2.25. The standard InChI is InChI=1S/C16H25F3N2/c1-5-10-20-13(4)14-6-8-15(9-7-14)21(12(2)3)11-16(17,18)19/h6-9,12-13,20H,5,10-11H2,1-4H3. The van der Waals surface area contributed by atoms with Crippen LogP contribution in [-0.4, -0.2) is 25.3 Å². The molecule has 0 bridgehead atoms. The van der Waals surface area contributed by atoms with E-state index in [0.29, 0.717) is 5.69 Å². The molecule has 1 aromatic carbocycles. The number of alkyl halides is 3. The summed E-state index contributed by atoms with van der Waals surface area (Å²) in [5.74, 6) is 0. The van der Waals surface area contributed by atoms with Crippen LogP contribution in [0.2, 0.25) is 0 Å². The number of hydrogen-bond donors (Lipinski definition) is 1. The van der Waals surface area contributed by atoms with Gasteiger partial charge in [-0.1, -0.05) is 19.1 Å². The smallest absolute Gasteiger partial charge is 0.360 e. The number of hydrogen-bond acceptors (Lipinski definition) is 2. The summed E-state index contributed by atoms with van der Waals surface area (Å²) in [6.07, 6.45) is -3.14. The molecule has 0 heterocycles. The molecular weight excluding hydrogens is 277 g/mol. The van der Waals surface area contributed by atoms with E-state index in [4.69, 9.17) is 0 Å². The van der Waals surface area contributed by atoms with Crippen LogP contribution in [0.4, 0.5) is 18.9 Å². The molecule has 2 nitrogen and oxygen atoms in total. The minimum atomic E-state index is -4.20. The Labute approximate surface area is 125 Å². The van der Waals surface area contributed by atoms with Gasteiger partial charge >= 0.3 is 6.18 Å². The largest absolute Gasteiger partial charge is 0.405 e. The maximum Gasteiger partial charge on any atom is 0.405 e. The van der Waals surface area contributed by atoms with Crippen LogP contribution >= 0.6 is 0 Å². The molecule has 1 unspecified atom stereocenters. The predicted molar refractivity (Wildman–Crippen MR) is 81.7 cm³/mol. The van der Waals surface area contributed by atoms with Crippen molar-refractivity contribution < 1.29 is 13.2 Å². The molecule has 0 amide bonds. The molecule has 5 heteroatoms. The van der Waals surface area contributed by atoms with Gasteiger partial charge in [0.05, 0.1) is 0 Å². The van der Waals surface area contributed by atoms with Crippen LogP contribution < -0.4 is 10.2 Å². The Bertz CT molecular complexity index is 413. The summed E-state index contributed by atoms with van der Waals surface area (Å²) in [5, 5.41) is 3.36. The average Bonchev–Trinajstić information content (AvgIpc) is 2.41. The fraction of sp³-hybridized carbons (Fsp3) is 0.625. The Hall–Kier alpha value is -1.23. The van der Waals surface area contributed by atoms with Gasteiger partial charge in [0.25, 0.3) is 0 Å². The summed E-state index contributed by atoms with van der Waals surface area (Å²) in [6.45, 7) is 7.69. The zero-order valence-electron chi connectivity index (χ0n) is 13.2. The molecule has 1 aromatic rings. The summed E-state index contributed by atoms with van der Waals surface area (Å²) < 4.78 is 37.9. The van der Waals surface area contributed by atoms with Crippen molar-refractivity contribution in [2.45, 2.75) is 52.4 Å². The van der Waals surface area contributed by atoms with Crippen LogP contribution in [0.1, 0.15) is 45.7 Å². The topological polar surface area (TPSA) is 15.3 Å². The van der Waals surface area contributed by atoms with Gasteiger partial charge in [-0.2, -0.15) is 13.2 Å². The quantitative estimate of drug-likeness (QED) is 0.796. The first-order valence-corrected chi connectivity index (χ1v) is 7.41. The lowest BCUT2D eigenvalue weighted by atomic mass is 10.1. The fourth-order valence-corrected chi connectivity index (χ4v) is 2.20. The molecule has 1 rings (SSSR count). The van der Waals surface area contributed by atoms with Crippen LogP contribution in [0.3, 0.4) is 0 Å². The zero-order chi connectivity index (χ0) is 16.0. The summed E-state index contributed by atoms with van der Waals surface area (Å²) >= 11 is 0. The number of rotatable bonds is 7. The van der Waals surface area contributed by atoms with Gasteiger partial charge in [0, 0.05) is 17.8 Å². The molecule has 0 spiro atoms. The van der Waals surface area contributed by atoms with Crippen molar-refractivity contribution in [2.24, 2.45) is 0 Å². The number of nitrogens with one attached hydrogen (secondary N) is 1. The maximum atomic E-state index is 12.6. The van der Waals surface area contributed by atoms with Gasteiger partial charge in [-0.3, -0.25) is 0 Å². The molecule has 0 aromatic heterocycles. The van der Waals surface area contributed by atoms with Crippen molar-refractivity contribution in [3.63, 3.8) is 0 Å². The molecule has 120 valence electrons. The molecule has 0 saturated carbocycles. The van der Waals surface area contributed by atoms with Crippen LogP contribution in [-0.2, 0) is 0 Å². The molecular formula is C16H25F3N2. The van der Waals surface area contributed by atoms with E-state index < -0.39 is 12.7 Å². The van der Waals surface area contributed by atoms with Crippen molar-refractivity contribution in [1.29, 1.82) is 0 Å².